The Bertz CT molecular complexity index is 839. The van der Waals surface area contributed by atoms with Crippen LogP contribution in [0.25, 0.3) is 17.1 Å². The maximum Gasteiger partial charge on any atom is 0.196 e. The zero-order chi connectivity index (χ0) is 18.9. The summed E-state index contributed by atoms with van der Waals surface area (Å²) in [7, 11) is 3.33. The number of rotatable bonds is 10. The van der Waals surface area contributed by atoms with Crippen LogP contribution >= 0.6 is 11.8 Å². The van der Waals surface area contributed by atoms with Gasteiger partial charge >= 0.3 is 0 Å². The van der Waals surface area contributed by atoms with Crippen molar-refractivity contribution in [2.24, 2.45) is 0 Å². The topological polar surface area (TPSA) is 58.4 Å². The van der Waals surface area contributed by atoms with E-state index in [4.69, 9.17) is 14.2 Å². The molecule has 0 fully saturated rings. The monoisotopic (exact) mass is 385 g/mol. The van der Waals surface area contributed by atoms with Gasteiger partial charge < -0.3 is 14.2 Å². The summed E-state index contributed by atoms with van der Waals surface area (Å²) >= 11 is 1.62. The molecule has 0 aliphatic rings. The minimum Gasteiger partial charge on any atom is -0.497 e. The van der Waals surface area contributed by atoms with Crippen LogP contribution in [0.2, 0.25) is 0 Å². The molecule has 7 heteroatoms. The second-order valence-corrected chi connectivity index (χ2v) is 6.72. The molecular formula is C20H23N3O3S. The summed E-state index contributed by atoms with van der Waals surface area (Å²) in [6, 6.07) is 17.9. The fraction of sp³-hybridized carbons (Fsp3) is 0.300. The van der Waals surface area contributed by atoms with Crippen LogP contribution in [0.3, 0.4) is 0 Å². The molecule has 0 radical (unpaired) electrons. The van der Waals surface area contributed by atoms with Crippen molar-refractivity contribution in [3.8, 4) is 22.8 Å². The van der Waals surface area contributed by atoms with E-state index in [-0.39, 0.29) is 0 Å². The number of benzene rings is 2. The summed E-state index contributed by atoms with van der Waals surface area (Å²) < 4.78 is 17.9. The Morgan fingerprint density at radius 1 is 0.926 bits per heavy atom. The van der Waals surface area contributed by atoms with E-state index in [1.54, 1.807) is 26.0 Å². The molecule has 0 unspecified atom stereocenters. The van der Waals surface area contributed by atoms with Crippen molar-refractivity contribution in [2.75, 3.05) is 39.8 Å². The Hall–Kier alpha value is -2.35. The average Bonchev–Trinajstić information content (AvgIpc) is 3.15. The largest absolute Gasteiger partial charge is 0.497 e. The van der Waals surface area contributed by atoms with Gasteiger partial charge in [-0.3, -0.25) is 4.57 Å². The van der Waals surface area contributed by atoms with Crippen LogP contribution in [0.5, 0.6) is 5.75 Å². The van der Waals surface area contributed by atoms with Crippen molar-refractivity contribution in [2.45, 2.75) is 5.16 Å². The third-order valence-electron chi connectivity index (χ3n) is 3.87. The fourth-order valence-electron chi connectivity index (χ4n) is 2.56. The summed E-state index contributed by atoms with van der Waals surface area (Å²) in [5.74, 6) is 2.35. The molecule has 1 heterocycles. The van der Waals surface area contributed by atoms with Crippen LogP contribution < -0.4 is 4.74 Å². The number of nitrogens with zero attached hydrogens (tertiary/aromatic N) is 3. The molecule has 0 saturated heterocycles. The third-order valence-corrected chi connectivity index (χ3v) is 4.76. The van der Waals surface area contributed by atoms with Crippen molar-refractivity contribution < 1.29 is 14.2 Å². The van der Waals surface area contributed by atoms with Gasteiger partial charge in [0, 0.05) is 24.1 Å². The van der Waals surface area contributed by atoms with Crippen molar-refractivity contribution in [3.63, 3.8) is 0 Å². The first-order valence-corrected chi connectivity index (χ1v) is 9.67. The number of hydrogen-bond donors (Lipinski definition) is 0. The van der Waals surface area contributed by atoms with E-state index in [1.807, 2.05) is 54.6 Å². The Labute approximate surface area is 163 Å². The molecule has 3 rings (SSSR count). The quantitative estimate of drug-likeness (QED) is 0.392. The minimum absolute atomic E-state index is 0.595. The van der Waals surface area contributed by atoms with Gasteiger partial charge in [0.25, 0.3) is 0 Å². The molecule has 6 nitrogen and oxygen atoms in total. The van der Waals surface area contributed by atoms with E-state index in [9.17, 15) is 0 Å². The molecule has 0 aliphatic heterocycles. The number of aromatic nitrogens is 3. The van der Waals surface area contributed by atoms with Crippen molar-refractivity contribution in [3.05, 3.63) is 54.6 Å². The highest BCUT2D eigenvalue weighted by Crippen LogP contribution is 2.29. The molecule has 0 bridgehead atoms. The molecule has 2 aromatic carbocycles. The first-order chi connectivity index (χ1) is 13.3. The molecule has 0 amide bonds. The predicted octanol–water partition coefficient (Wildman–Crippen LogP) is 3.70. The lowest BCUT2D eigenvalue weighted by Crippen LogP contribution is -2.05. The summed E-state index contributed by atoms with van der Waals surface area (Å²) in [5.41, 5.74) is 1.97. The van der Waals surface area contributed by atoms with Crippen molar-refractivity contribution >= 4 is 11.8 Å². The number of methoxy groups -OCH3 is 2. The molecule has 3 aromatic rings. The normalized spacial score (nSPS) is 10.9. The van der Waals surface area contributed by atoms with Crippen LogP contribution in [-0.4, -0.2) is 54.6 Å². The molecule has 0 saturated carbocycles. The van der Waals surface area contributed by atoms with Gasteiger partial charge in [0.15, 0.2) is 11.0 Å². The highest BCUT2D eigenvalue weighted by Gasteiger charge is 2.16. The molecule has 0 atom stereocenters. The maximum atomic E-state index is 5.54. The highest BCUT2D eigenvalue weighted by atomic mass is 32.2. The molecule has 0 aliphatic carbocycles. The lowest BCUT2D eigenvalue weighted by atomic mass is 10.2. The highest BCUT2D eigenvalue weighted by molar-refractivity contribution is 7.99. The SMILES string of the molecule is COCCOCCSc1nnc(-c2cccc(OC)c2)n1-c1ccccc1. The smallest absolute Gasteiger partial charge is 0.196 e. The predicted molar refractivity (Wildman–Crippen MR) is 107 cm³/mol. The minimum atomic E-state index is 0.595. The Kier molecular flexibility index (Phi) is 7.27. The van der Waals surface area contributed by atoms with Gasteiger partial charge in [0.05, 0.1) is 26.9 Å². The third kappa shape index (κ3) is 5.09. The van der Waals surface area contributed by atoms with Crippen LogP contribution in [0.4, 0.5) is 0 Å². The summed E-state index contributed by atoms with van der Waals surface area (Å²) in [6.45, 7) is 1.83. The molecular weight excluding hydrogens is 362 g/mol. The van der Waals surface area contributed by atoms with E-state index in [1.165, 1.54) is 0 Å². The number of ether oxygens (including phenoxy) is 3. The lowest BCUT2D eigenvalue weighted by molar-refractivity contribution is 0.0790. The lowest BCUT2D eigenvalue weighted by Gasteiger charge is -2.11. The van der Waals surface area contributed by atoms with Crippen LogP contribution in [-0.2, 0) is 9.47 Å². The van der Waals surface area contributed by atoms with E-state index < -0.39 is 0 Å². The van der Waals surface area contributed by atoms with Gasteiger partial charge in [-0.25, -0.2) is 0 Å². The Morgan fingerprint density at radius 3 is 2.56 bits per heavy atom. The number of para-hydroxylation sites is 1. The fourth-order valence-corrected chi connectivity index (χ4v) is 3.36. The van der Waals surface area contributed by atoms with Gasteiger partial charge in [-0.1, -0.05) is 42.1 Å². The van der Waals surface area contributed by atoms with Gasteiger partial charge in [0.1, 0.15) is 5.75 Å². The van der Waals surface area contributed by atoms with Gasteiger partial charge in [-0.2, -0.15) is 0 Å². The molecule has 27 heavy (non-hydrogen) atoms. The summed E-state index contributed by atoms with van der Waals surface area (Å²) in [6.07, 6.45) is 0. The molecule has 142 valence electrons. The van der Waals surface area contributed by atoms with E-state index in [2.05, 4.69) is 14.8 Å². The van der Waals surface area contributed by atoms with Crippen LogP contribution in [0, 0.1) is 0 Å². The van der Waals surface area contributed by atoms with Gasteiger partial charge in [-0.05, 0) is 24.3 Å². The molecule has 0 N–H and O–H groups in total. The Morgan fingerprint density at radius 2 is 1.78 bits per heavy atom. The van der Waals surface area contributed by atoms with Crippen molar-refractivity contribution in [1.82, 2.24) is 14.8 Å². The number of thioether (sulfide) groups is 1. The van der Waals surface area contributed by atoms with Crippen molar-refractivity contribution in [1.29, 1.82) is 0 Å². The van der Waals surface area contributed by atoms with Crippen LogP contribution in [0.15, 0.2) is 59.8 Å². The zero-order valence-electron chi connectivity index (χ0n) is 15.5. The standard InChI is InChI=1S/C20H23N3O3S/c1-24-11-12-26-13-14-27-20-22-21-19(16-7-6-10-18(15-16)25-2)23(20)17-8-4-3-5-9-17/h3-10,15H,11-14H2,1-2H3. The van der Waals surface area contributed by atoms with E-state index in [0.29, 0.717) is 19.8 Å². The second kappa shape index (κ2) is 10.1. The average molecular weight is 385 g/mol. The van der Waals surface area contributed by atoms with Gasteiger partial charge in [-0.15, -0.1) is 10.2 Å². The van der Waals surface area contributed by atoms with Gasteiger partial charge in [0.2, 0.25) is 0 Å². The maximum absolute atomic E-state index is 5.54. The van der Waals surface area contributed by atoms with E-state index >= 15 is 0 Å². The summed E-state index contributed by atoms with van der Waals surface area (Å²) in [4.78, 5) is 0. The zero-order valence-corrected chi connectivity index (χ0v) is 16.3. The number of hydrogen-bond acceptors (Lipinski definition) is 6. The van der Waals surface area contributed by atoms with E-state index in [0.717, 1.165) is 33.7 Å². The molecule has 1 aromatic heterocycles. The second-order valence-electron chi connectivity index (χ2n) is 5.66. The first kappa shape index (κ1) is 19.4. The summed E-state index contributed by atoms with van der Waals surface area (Å²) in [5, 5.41) is 9.68. The first-order valence-electron chi connectivity index (χ1n) is 8.68. The Balaban J connectivity index is 1.85. The molecule has 0 spiro atoms. The van der Waals surface area contributed by atoms with Crippen LogP contribution in [0.1, 0.15) is 0 Å².